The summed E-state index contributed by atoms with van der Waals surface area (Å²) in [6.45, 7) is 0. The Hall–Kier alpha value is -1.59. The number of ketones is 1. The normalized spacial score (nSPS) is 10.3. The van der Waals surface area contributed by atoms with E-state index in [1.165, 1.54) is 38.5 Å². The molecular formula is C15H11BrClFO3. The van der Waals surface area contributed by atoms with E-state index >= 15 is 0 Å². The van der Waals surface area contributed by atoms with E-state index in [1.54, 1.807) is 6.07 Å². The summed E-state index contributed by atoms with van der Waals surface area (Å²) in [7, 11) is 2.84. The van der Waals surface area contributed by atoms with Crippen molar-refractivity contribution in [3.8, 4) is 11.5 Å². The highest BCUT2D eigenvalue weighted by Gasteiger charge is 2.22. The lowest BCUT2D eigenvalue weighted by atomic mass is 10.0. The molecule has 2 rings (SSSR count). The molecule has 0 spiro atoms. The number of carbonyl (C=O) groups is 1. The molecule has 110 valence electrons. The van der Waals surface area contributed by atoms with E-state index in [0.29, 0.717) is 5.75 Å². The number of carbonyl (C=O) groups excluding carboxylic acids is 1. The van der Waals surface area contributed by atoms with Gasteiger partial charge in [0.25, 0.3) is 0 Å². The first-order valence-electron chi connectivity index (χ1n) is 5.90. The monoisotopic (exact) mass is 372 g/mol. The molecule has 0 bridgehead atoms. The van der Waals surface area contributed by atoms with Gasteiger partial charge in [-0.05, 0) is 40.2 Å². The van der Waals surface area contributed by atoms with Gasteiger partial charge in [0.15, 0.2) is 11.5 Å². The molecule has 6 heteroatoms. The standard InChI is InChI=1S/C15H11BrClFO3/c1-20-11-7-6-9(15(21-2)12(11)17)14(19)8-4-3-5-10(16)13(8)18/h3-7H,1-2H3. The second-order valence-electron chi connectivity index (χ2n) is 4.09. The Labute approximate surface area is 134 Å². The number of hydrogen-bond acceptors (Lipinski definition) is 3. The van der Waals surface area contributed by atoms with Crippen LogP contribution in [0.5, 0.6) is 11.5 Å². The Morgan fingerprint density at radius 3 is 2.48 bits per heavy atom. The number of rotatable bonds is 4. The van der Waals surface area contributed by atoms with E-state index in [0.717, 1.165) is 0 Å². The van der Waals surface area contributed by atoms with Crippen LogP contribution in [0.25, 0.3) is 0 Å². The average Bonchev–Trinajstić information content (AvgIpc) is 2.49. The van der Waals surface area contributed by atoms with Crippen molar-refractivity contribution in [3.05, 3.63) is 56.8 Å². The first-order chi connectivity index (χ1) is 10.0. The SMILES string of the molecule is COc1ccc(C(=O)c2cccc(Br)c2F)c(OC)c1Cl. The minimum Gasteiger partial charge on any atom is -0.495 e. The average molecular weight is 374 g/mol. The van der Waals surface area contributed by atoms with E-state index < -0.39 is 11.6 Å². The molecule has 0 atom stereocenters. The Kier molecular flexibility index (Phi) is 4.85. The van der Waals surface area contributed by atoms with Gasteiger partial charge < -0.3 is 9.47 Å². The molecule has 3 nitrogen and oxygen atoms in total. The molecule has 0 fully saturated rings. The highest BCUT2D eigenvalue weighted by Crippen LogP contribution is 2.38. The summed E-state index contributed by atoms with van der Waals surface area (Å²) < 4.78 is 24.5. The molecule has 0 saturated heterocycles. The van der Waals surface area contributed by atoms with Crippen LogP contribution in [0.4, 0.5) is 4.39 Å². The minimum atomic E-state index is -0.628. The Balaban J connectivity index is 2.59. The number of benzene rings is 2. The lowest BCUT2D eigenvalue weighted by Gasteiger charge is -2.13. The van der Waals surface area contributed by atoms with Crippen LogP contribution in [0.3, 0.4) is 0 Å². The second-order valence-corrected chi connectivity index (χ2v) is 5.33. The van der Waals surface area contributed by atoms with Gasteiger partial charge in [-0.25, -0.2) is 4.39 Å². The zero-order chi connectivity index (χ0) is 15.6. The molecule has 2 aromatic carbocycles. The van der Waals surface area contributed by atoms with Crippen LogP contribution < -0.4 is 9.47 Å². The van der Waals surface area contributed by atoms with E-state index in [-0.39, 0.29) is 26.4 Å². The zero-order valence-corrected chi connectivity index (χ0v) is 13.6. The predicted octanol–water partition coefficient (Wildman–Crippen LogP) is 4.49. The summed E-state index contributed by atoms with van der Waals surface area (Å²) in [6, 6.07) is 7.53. The van der Waals surface area contributed by atoms with Crippen molar-refractivity contribution in [3.63, 3.8) is 0 Å². The van der Waals surface area contributed by atoms with Gasteiger partial charge in [0, 0.05) is 0 Å². The largest absolute Gasteiger partial charge is 0.495 e. The first kappa shape index (κ1) is 15.8. The molecule has 2 aromatic rings. The molecule has 0 amide bonds. The maximum Gasteiger partial charge on any atom is 0.199 e. The molecule has 0 aliphatic heterocycles. The minimum absolute atomic E-state index is 0.0658. The van der Waals surface area contributed by atoms with Crippen LogP contribution in [0.2, 0.25) is 5.02 Å². The number of halogens is 3. The van der Waals surface area contributed by atoms with Crippen molar-refractivity contribution in [1.29, 1.82) is 0 Å². The fraction of sp³-hybridized carbons (Fsp3) is 0.133. The van der Waals surface area contributed by atoms with Gasteiger partial charge in [-0.1, -0.05) is 17.7 Å². The third-order valence-corrected chi connectivity index (χ3v) is 3.90. The van der Waals surface area contributed by atoms with Crippen molar-refractivity contribution in [2.75, 3.05) is 14.2 Å². The summed E-state index contributed by atoms with van der Waals surface area (Å²) in [4.78, 5) is 12.5. The van der Waals surface area contributed by atoms with Crippen LogP contribution in [0, 0.1) is 5.82 Å². The summed E-state index contributed by atoms with van der Waals surface area (Å²) in [5, 5.41) is 0.168. The van der Waals surface area contributed by atoms with Gasteiger partial charge in [-0.15, -0.1) is 0 Å². The molecule has 0 aliphatic carbocycles. The van der Waals surface area contributed by atoms with Crippen LogP contribution in [-0.2, 0) is 0 Å². The van der Waals surface area contributed by atoms with Gasteiger partial charge >= 0.3 is 0 Å². The smallest absolute Gasteiger partial charge is 0.199 e. The van der Waals surface area contributed by atoms with Crippen LogP contribution in [-0.4, -0.2) is 20.0 Å². The van der Waals surface area contributed by atoms with Gasteiger partial charge in [0.2, 0.25) is 0 Å². The Bertz CT molecular complexity index is 704. The number of methoxy groups -OCH3 is 2. The van der Waals surface area contributed by atoms with Crippen LogP contribution in [0.1, 0.15) is 15.9 Å². The van der Waals surface area contributed by atoms with Gasteiger partial charge in [-0.2, -0.15) is 0 Å². The Morgan fingerprint density at radius 2 is 1.86 bits per heavy atom. The van der Waals surface area contributed by atoms with E-state index in [4.69, 9.17) is 21.1 Å². The summed E-state index contributed by atoms with van der Waals surface area (Å²) >= 11 is 9.17. The molecule has 0 aliphatic rings. The third-order valence-electron chi connectivity index (χ3n) is 2.93. The molecule has 0 saturated carbocycles. The predicted molar refractivity (Wildman–Crippen MR) is 82.1 cm³/mol. The third kappa shape index (κ3) is 2.89. The van der Waals surface area contributed by atoms with Crippen LogP contribution in [0.15, 0.2) is 34.8 Å². The topological polar surface area (TPSA) is 35.5 Å². The van der Waals surface area contributed by atoms with Crippen molar-refractivity contribution < 1.29 is 18.7 Å². The van der Waals surface area contributed by atoms with Crippen molar-refractivity contribution in [2.24, 2.45) is 0 Å². The van der Waals surface area contributed by atoms with Gasteiger partial charge in [-0.3, -0.25) is 4.79 Å². The Morgan fingerprint density at radius 1 is 1.14 bits per heavy atom. The molecule has 0 unspecified atom stereocenters. The van der Waals surface area contributed by atoms with E-state index in [1.807, 2.05) is 0 Å². The molecular weight excluding hydrogens is 363 g/mol. The van der Waals surface area contributed by atoms with Crippen molar-refractivity contribution in [2.45, 2.75) is 0 Å². The quantitative estimate of drug-likeness (QED) is 0.741. The van der Waals surface area contributed by atoms with E-state index in [2.05, 4.69) is 15.9 Å². The van der Waals surface area contributed by atoms with E-state index in [9.17, 15) is 9.18 Å². The summed E-state index contributed by atoms with van der Waals surface area (Å²) in [5.41, 5.74) is 0.101. The lowest BCUT2D eigenvalue weighted by Crippen LogP contribution is -2.07. The van der Waals surface area contributed by atoms with Gasteiger partial charge in [0.05, 0.1) is 29.8 Å². The maximum absolute atomic E-state index is 14.1. The summed E-state index contributed by atoms with van der Waals surface area (Å²) in [5.74, 6) is -0.619. The molecule has 0 radical (unpaired) electrons. The summed E-state index contributed by atoms with van der Waals surface area (Å²) in [6.07, 6.45) is 0. The zero-order valence-electron chi connectivity index (χ0n) is 11.2. The second kappa shape index (κ2) is 6.45. The molecule has 0 heterocycles. The van der Waals surface area contributed by atoms with Crippen LogP contribution >= 0.6 is 27.5 Å². The molecule has 0 aromatic heterocycles. The fourth-order valence-corrected chi connectivity index (χ4v) is 2.58. The number of ether oxygens (including phenoxy) is 2. The highest BCUT2D eigenvalue weighted by molar-refractivity contribution is 9.10. The molecule has 0 N–H and O–H groups in total. The fourth-order valence-electron chi connectivity index (χ4n) is 1.90. The van der Waals surface area contributed by atoms with Crippen molar-refractivity contribution in [1.82, 2.24) is 0 Å². The number of hydrogen-bond donors (Lipinski definition) is 0. The lowest BCUT2D eigenvalue weighted by molar-refractivity contribution is 0.103. The van der Waals surface area contributed by atoms with Crippen molar-refractivity contribution >= 4 is 33.3 Å². The first-order valence-corrected chi connectivity index (χ1v) is 7.07. The maximum atomic E-state index is 14.1. The molecule has 21 heavy (non-hydrogen) atoms. The van der Waals surface area contributed by atoms with Gasteiger partial charge in [0.1, 0.15) is 16.6 Å². The highest BCUT2D eigenvalue weighted by atomic mass is 79.9.